The second-order valence-corrected chi connectivity index (χ2v) is 6.18. The monoisotopic (exact) mass is 164 g/mol. The number of hydrogen-bond acceptors (Lipinski definition) is 0. The van der Waals surface area contributed by atoms with Crippen LogP contribution >= 0.6 is 0 Å². The van der Waals surface area contributed by atoms with Gasteiger partial charge in [0.1, 0.15) is 0 Å². The number of hydrogen-bond donors (Lipinski definition) is 0. The van der Waals surface area contributed by atoms with Crippen molar-refractivity contribution in [2.24, 2.45) is 35.0 Å². The average Bonchev–Trinajstić information content (AvgIpc) is 1.93. The molecule has 0 aromatic rings. The van der Waals surface area contributed by atoms with Crippen molar-refractivity contribution in [1.29, 1.82) is 0 Å². The average molecular weight is 164 g/mol. The van der Waals surface area contributed by atoms with Crippen LogP contribution in [0.4, 0.5) is 0 Å². The molecule has 0 aromatic heterocycles. The highest BCUT2D eigenvalue weighted by atomic mass is 14.7. The van der Waals surface area contributed by atoms with Gasteiger partial charge in [0.25, 0.3) is 0 Å². The first-order valence-corrected chi connectivity index (χ1v) is 5.60. The summed E-state index contributed by atoms with van der Waals surface area (Å²) in [6, 6.07) is 0. The molecule has 12 heavy (non-hydrogen) atoms. The molecule has 0 heteroatoms. The Labute approximate surface area is 75.7 Å². The van der Waals surface area contributed by atoms with Crippen molar-refractivity contribution in [3.63, 3.8) is 0 Å². The molecule has 3 saturated carbocycles. The van der Waals surface area contributed by atoms with Crippen LogP contribution in [0.15, 0.2) is 0 Å². The molecule has 0 aromatic carbocycles. The zero-order valence-corrected chi connectivity index (χ0v) is 8.51. The minimum atomic E-state index is 0.718. The van der Waals surface area contributed by atoms with E-state index in [9.17, 15) is 0 Å². The van der Waals surface area contributed by atoms with E-state index in [0.29, 0.717) is 0 Å². The predicted molar refractivity (Wildman–Crippen MR) is 50.8 cm³/mol. The number of rotatable bonds is 0. The lowest BCUT2D eigenvalue weighted by Gasteiger charge is -2.72. The molecule has 3 fully saturated rings. The molecule has 5 atom stereocenters. The molecular weight excluding hydrogens is 144 g/mol. The lowest BCUT2D eigenvalue weighted by Crippen LogP contribution is -2.66. The van der Waals surface area contributed by atoms with Crippen LogP contribution in [0.2, 0.25) is 0 Å². The van der Waals surface area contributed by atoms with Gasteiger partial charge in [-0.15, -0.1) is 0 Å². The summed E-state index contributed by atoms with van der Waals surface area (Å²) >= 11 is 0. The molecule has 0 N–H and O–H groups in total. The van der Waals surface area contributed by atoms with Crippen molar-refractivity contribution in [3.05, 3.63) is 0 Å². The largest absolute Gasteiger partial charge is 0.0625 e. The van der Waals surface area contributed by atoms with Crippen molar-refractivity contribution in [1.82, 2.24) is 0 Å². The van der Waals surface area contributed by atoms with Gasteiger partial charge in [0, 0.05) is 0 Å². The SMILES string of the molecule is CC1CC2CC3C2C(C1)C3(C)C. The van der Waals surface area contributed by atoms with E-state index in [2.05, 4.69) is 20.8 Å². The topological polar surface area (TPSA) is 0 Å². The molecule has 0 amide bonds. The fourth-order valence-corrected chi connectivity index (χ4v) is 4.60. The van der Waals surface area contributed by atoms with Crippen LogP contribution in [-0.4, -0.2) is 0 Å². The first kappa shape index (κ1) is 7.41. The van der Waals surface area contributed by atoms with Crippen LogP contribution in [-0.2, 0) is 0 Å². The fourth-order valence-electron chi connectivity index (χ4n) is 4.60. The second kappa shape index (κ2) is 1.91. The third-order valence-corrected chi connectivity index (χ3v) is 5.30. The summed E-state index contributed by atoms with van der Waals surface area (Å²) in [7, 11) is 0. The van der Waals surface area contributed by atoms with Gasteiger partial charge in [0.2, 0.25) is 0 Å². The Morgan fingerprint density at radius 2 is 1.67 bits per heavy atom. The molecule has 3 rings (SSSR count). The molecule has 0 aliphatic heterocycles. The molecule has 68 valence electrons. The Morgan fingerprint density at radius 1 is 1.00 bits per heavy atom. The van der Waals surface area contributed by atoms with Crippen molar-refractivity contribution < 1.29 is 0 Å². The quantitative estimate of drug-likeness (QED) is 0.515. The van der Waals surface area contributed by atoms with Crippen molar-refractivity contribution in [2.45, 2.75) is 40.0 Å². The van der Waals surface area contributed by atoms with Crippen LogP contribution in [0.25, 0.3) is 0 Å². The summed E-state index contributed by atoms with van der Waals surface area (Å²) in [6.45, 7) is 7.47. The van der Waals surface area contributed by atoms with Gasteiger partial charge in [-0.25, -0.2) is 0 Å². The zero-order chi connectivity index (χ0) is 8.51. The van der Waals surface area contributed by atoms with Gasteiger partial charge in [-0.3, -0.25) is 0 Å². The molecule has 3 aliphatic carbocycles. The van der Waals surface area contributed by atoms with Gasteiger partial charge in [0.15, 0.2) is 0 Å². The summed E-state index contributed by atoms with van der Waals surface area (Å²) in [6.07, 6.45) is 4.65. The molecule has 5 unspecified atom stereocenters. The van der Waals surface area contributed by atoms with Crippen LogP contribution < -0.4 is 0 Å². The Hall–Kier alpha value is 0. The normalized spacial score (nSPS) is 59.8. The fraction of sp³-hybridized carbons (Fsp3) is 1.00. The van der Waals surface area contributed by atoms with Crippen molar-refractivity contribution >= 4 is 0 Å². The van der Waals surface area contributed by atoms with Gasteiger partial charge >= 0.3 is 0 Å². The first-order valence-electron chi connectivity index (χ1n) is 5.60. The van der Waals surface area contributed by atoms with Crippen LogP contribution in [0.1, 0.15) is 40.0 Å². The van der Waals surface area contributed by atoms with Gasteiger partial charge in [-0.1, -0.05) is 20.8 Å². The van der Waals surface area contributed by atoms with Crippen LogP contribution in [0.5, 0.6) is 0 Å². The smallest absolute Gasteiger partial charge is 0.0292 e. The van der Waals surface area contributed by atoms with E-state index in [4.69, 9.17) is 0 Å². The lowest BCUT2D eigenvalue weighted by molar-refractivity contribution is -0.237. The van der Waals surface area contributed by atoms with E-state index in [-0.39, 0.29) is 0 Å². The third kappa shape index (κ3) is 0.625. The highest BCUT2D eigenvalue weighted by molar-refractivity contribution is 5.14. The molecule has 0 heterocycles. The maximum Gasteiger partial charge on any atom is -0.0292 e. The minimum absolute atomic E-state index is 0.718. The van der Waals surface area contributed by atoms with E-state index in [1.807, 2.05) is 0 Å². The van der Waals surface area contributed by atoms with E-state index in [1.54, 1.807) is 12.8 Å². The molecular formula is C12H20. The van der Waals surface area contributed by atoms with Gasteiger partial charge in [-0.05, 0) is 54.3 Å². The summed E-state index contributed by atoms with van der Waals surface area (Å²) < 4.78 is 0. The Kier molecular flexibility index (Phi) is 1.18. The Bertz CT molecular complexity index is 216. The lowest BCUT2D eigenvalue weighted by atomic mass is 9.33. The van der Waals surface area contributed by atoms with Gasteiger partial charge < -0.3 is 0 Å². The minimum Gasteiger partial charge on any atom is -0.0625 e. The van der Waals surface area contributed by atoms with E-state index in [1.165, 1.54) is 12.3 Å². The molecule has 0 bridgehead atoms. The van der Waals surface area contributed by atoms with Gasteiger partial charge in [-0.2, -0.15) is 0 Å². The van der Waals surface area contributed by atoms with Crippen molar-refractivity contribution in [3.8, 4) is 0 Å². The first-order chi connectivity index (χ1) is 5.60. The highest BCUT2D eigenvalue weighted by Gasteiger charge is 2.66. The summed E-state index contributed by atoms with van der Waals surface area (Å²) in [4.78, 5) is 0. The summed E-state index contributed by atoms with van der Waals surface area (Å²) in [5.74, 6) is 5.58. The summed E-state index contributed by atoms with van der Waals surface area (Å²) in [5, 5.41) is 0. The zero-order valence-electron chi connectivity index (χ0n) is 8.51. The molecule has 3 aliphatic rings. The highest BCUT2D eigenvalue weighted by Crippen LogP contribution is 2.72. The predicted octanol–water partition coefficient (Wildman–Crippen LogP) is 3.32. The third-order valence-electron chi connectivity index (χ3n) is 5.30. The van der Waals surface area contributed by atoms with Crippen molar-refractivity contribution in [2.75, 3.05) is 0 Å². The molecule has 0 nitrogen and oxygen atoms in total. The maximum absolute atomic E-state index is 2.51. The van der Waals surface area contributed by atoms with Gasteiger partial charge in [0.05, 0.1) is 0 Å². The van der Waals surface area contributed by atoms with E-state index >= 15 is 0 Å². The van der Waals surface area contributed by atoms with E-state index < -0.39 is 0 Å². The molecule has 0 saturated heterocycles. The molecule has 0 spiro atoms. The standard InChI is InChI=1S/C12H20/c1-7-4-8-6-10-11(8)9(5-7)12(10,2)3/h7-11H,4-6H2,1-3H3. The van der Waals surface area contributed by atoms with Crippen LogP contribution in [0.3, 0.4) is 0 Å². The van der Waals surface area contributed by atoms with Crippen LogP contribution in [0, 0.1) is 35.0 Å². The summed E-state index contributed by atoms with van der Waals surface area (Å²) in [5.41, 5.74) is 0.718. The Morgan fingerprint density at radius 3 is 2.42 bits per heavy atom. The second-order valence-electron chi connectivity index (χ2n) is 6.18. The maximum atomic E-state index is 2.51. The van der Waals surface area contributed by atoms with E-state index in [0.717, 1.165) is 29.1 Å². The Balaban J connectivity index is 1.86. The molecule has 0 radical (unpaired) electrons.